The number of hydrogen-bond acceptors (Lipinski definition) is 3. The number of rotatable bonds is 5. The molecule has 4 nitrogen and oxygen atoms in total. The van der Waals surface area contributed by atoms with Crippen molar-refractivity contribution in [1.29, 1.82) is 0 Å². The molecule has 2 heterocycles. The van der Waals surface area contributed by atoms with Crippen molar-refractivity contribution in [3.8, 4) is 28.5 Å². The lowest BCUT2D eigenvalue weighted by Crippen LogP contribution is -1.97. The van der Waals surface area contributed by atoms with Gasteiger partial charge < -0.3 is 14.4 Å². The second-order valence-corrected chi connectivity index (χ2v) is 7.78. The van der Waals surface area contributed by atoms with E-state index < -0.39 is 0 Å². The number of ether oxygens (including phenoxy) is 1. The van der Waals surface area contributed by atoms with Crippen molar-refractivity contribution in [1.82, 2.24) is 9.55 Å². The Balaban J connectivity index is 1.39. The third-order valence-electron chi connectivity index (χ3n) is 5.48. The van der Waals surface area contributed by atoms with Crippen molar-refractivity contribution < 1.29 is 14.2 Å². The Labute approximate surface area is 185 Å². The maximum Gasteiger partial charge on any atom is 0.199 e. The molecule has 5 rings (SSSR count). The summed E-state index contributed by atoms with van der Waals surface area (Å²) in [5, 5.41) is 12.7. The monoisotopic (exact) mass is 424 g/mol. The molecule has 0 aliphatic carbocycles. The Bertz CT molecular complexity index is 1380. The minimum Gasteiger partial charge on any atom is -0.494 e. The third-order valence-corrected chi connectivity index (χ3v) is 5.48. The highest BCUT2D eigenvalue weighted by Crippen LogP contribution is 2.34. The number of benzene rings is 3. The van der Waals surface area contributed by atoms with E-state index in [1.54, 1.807) is 18.3 Å². The van der Waals surface area contributed by atoms with Crippen molar-refractivity contribution in [3.05, 3.63) is 108 Å². The van der Waals surface area contributed by atoms with Crippen LogP contribution in [0.2, 0.25) is 0 Å². The zero-order valence-corrected chi connectivity index (χ0v) is 17.5. The molecule has 0 saturated heterocycles. The summed E-state index contributed by atoms with van der Waals surface area (Å²) in [6.45, 7) is 2.53. The Morgan fingerprint density at radius 1 is 0.938 bits per heavy atom. The lowest BCUT2D eigenvalue weighted by molar-refractivity contribution is 0.430. The van der Waals surface area contributed by atoms with E-state index in [1.807, 2.05) is 60.3 Å². The second-order valence-electron chi connectivity index (χ2n) is 7.78. The maximum atomic E-state index is 13.0. The molecule has 0 saturated carbocycles. The molecule has 32 heavy (non-hydrogen) atoms. The van der Waals surface area contributed by atoms with Crippen LogP contribution in [0.15, 0.2) is 91.4 Å². The highest BCUT2D eigenvalue weighted by atomic mass is 19.1. The highest BCUT2D eigenvalue weighted by Gasteiger charge is 2.13. The number of nitrogens with zero attached hydrogens (tertiary/aromatic N) is 2. The lowest BCUT2D eigenvalue weighted by atomic mass is 10.0. The van der Waals surface area contributed by atoms with Crippen LogP contribution in [0.25, 0.3) is 21.9 Å². The molecular weight excluding hydrogens is 403 g/mol. The molecule has 5 aromatic rings. The Kier molecular flexibility index (Phi) is 5.07. The van der Waals surface area contributed by atoms with Crippen LogP contribution in [0, 0.1) is 12.7 Å². The first-order chi connectivity index (χ1) is 15.6. The molecule has 5 heteroatoms. The topological polar surface area (TPSA) is 47.3 Å². The summed E-state index contributed by atoms with van der Waals surface area (Å²) in [6.07, 6.45) is 5.57. The highest BCUT2D eigenvalue weighted by molar-refractivity contribution is 5.94. The van der Waals surface area contributed by atoms with Crippen LogP contribution in [0.1, 0.15) is 11.1 Å². The minimum atomic E-state index is -0.297. The van der Waals surface area contributed by atoms with Crippen LogP contribution >= 0.6 is 0 Å². The Morgan fingerprint density at radius 2 is 1.66 bits per heavy atom. The molecule has 2 aromatic heterocycles. The van der Waals surface area contributed by atoms with Crippen molar-refractivity contribution in [2.45, 2.75) is 13.5 Å². The summed E-state index contributed by atoms with van der Waals surface area (Å²) in [6, 6.07) is 21.7. The average Bonchev–Trinajstić information content (AvgIpc) is 3.12. The predicted octanol–water partition coefficient (Wildman–Crippen LogP) is 6.70. The molecule has 0 unspecified atom stereocenters. The molecule has 0 radical (unpaired) electrons. The predicted molar refractivity (Wildman–Crippen MR) is 124 cm³/mol. The Morgan fingerprint density at radius 3 is 2.34 bits per heavy atom. The molecule has 0 bridgehead atoms. The van der Waals surface area contributed by atoms with Crippen LogP contribution in [-0.2, 0) is 6.54 Å². The van der Waals surface area contributed by atoms with Gasteiger partial charge in [0.05, 0.1) is 6.54 Å². The van der Waals surface area contributed by atoms with E-state index >= 15 is 0 Å². The quantitative estimate of drug-likeness (QED) is 0.342. The summed E-state index contributed by atoms with van der Waals surface area (Å²) >= 11 is 0. The van der Waals surface area contributed by atoms with Gasteiger partial charge in [-0.2, -0.15) is 0 Å². The van der Waals surface area contributed by atoms with E-state index in [-0.39, 0.29) is 11.7 Å². The molecular formula is C27H21FN2O2. The van der Waals surface area contributed by atoms with Crippen LogP contribution in [0.3, 0.4) is 0 Å². The summed E-state index contributed by atoms with van der Waals surface area (Å²) in [5.74, 6) is 1.20. The SMILES string of the molecule is Cc1cc(-c2cccnc2)cc2cn(Cc3ccc(Oc4ccc(F)cc4)cc3)c(O)c12. The van der Waals surface area contributed by atoms with Crippen LogP contribution in [-0.4, -0.2) is 14.7 Å². The number of aromatic nitrogens is 2. The molecule has 0 amide bonds. The van der Waals surface area contributed by atoms with Gasteiger partial charge in [0.25, 0.3) is 0 Å². The first-order valence-corrected chi connectivity index (χ1v) is 10.3. The van der Waals surface area contributed by atoms with Gasteiger partial charge in [0.1, 0.15) is 17.3 Å². The maximum absolute atomic E-state index is 13.0. The largest absolute Gasteiger partial charge is 0.494 e. The van der Waals surface area contributed by atoms with Crippen molar-refractivity contribution >= 4 is 10.8 Å². The fraction of sp³-hybridized carbons (Fsp3) is 0.0741. The number of fused-ring (bicyclic) bond motifs is 1. The second kappa shape index (κ2) is 8.19. The molecule has 3 aromatic carbocycles. The zero-order chi connectivity index (χ0) is 22.1. The van der Waals surface area contributed by atoms with Gasteiger partial charge in [-0.25, -0.2) is 4.39 Å². The molecule has 158 valence electrons. The standard InChI is InChI=1S/C27H21FN2O2/c1-18-13-21(20-3-2-12-29-15-20)14-22-17-30(27(31)26(18)22)16-19-4-8-24(9-5-19)32-25-10-6-23(28)7-11-25/h2-15,17,31H,16H2,1H3. The van der Waals surface area contributed by atoms with Crippen molar-refractivity contribution in [3.63, 3.8) is 0 Å². The number of pyridine rings is 1. The fourth-order valence-corrected chi connectivity index (χ4v) is 3.91. The van der Waals surface area contributed by atoms with Crippen LogP contribution < -0.4 is 4.74 Å². The number of aryl methyl sites for hydroxylation is 1. The number of halogens is 1. The summed E-state index contributed by atoms with van der Waals surface area (Å²) in [4.78, 5) is 4.21. The molecule has 0 fully saturated rings. The lowest BCUT2D eigenvalue weighted by Gasteiger charge is -2.08. The first-order valence-electron chi connectivity index (χ1n) is 10.3. The van der Waals surface area contributed by atoms with Gasteiger partial charge in [-0.1, -0.05) is 24.3 Å². The van der Waals surface area contributed by atoms with Crippen molar-refractivity contribution in [2.75, 3.05) is 0 Å². The van der Waals surface area contributed by atoms with Crippen LogP contribution in [0.5, 0.6) is 17.4 Å². The van der Waals surface area contributed by atoms with Gasteiger partial charge in [0.15, 0.2) is 5.88 Å². The molecule has 1 N–H and O–H groups in total. The van der Waals surface area contributed by atoms with E-state index in [1.165, 1.54) is 12.1 Å². The summed E-state index contributed by atoms with van der Waals surface area (Å²) < 4.78 is 20.6. The zero-order valence-electron chi connectivity index (χ0n) is 17.5. The van der Waals surface area contributed by atoms with E-state index in [0.717, 1.165) is 33.0 Å². The summed E-state index contributed by atoms with van der Waals surface area (Å²) in [5.41, 5.74) is 4.15. The molecule has 0 spiro atoms. The molecule has 0 aliphatic rings. The van der Waals surface area contributed by atoms with E-state index in [0.29, 0.717) is 18.0 Å². The Hall–Kier alpha value is -4.12. The smallest absolute Gasteiger partial charge is 0.199 e. The number of aromatic hydroxyl groups is 1. The minimum absolute atomic E-state index is 0.252. The van der Waals surface area contributed by atoms with Gasteiger partial charge in [-0.05, 0) is 72.1 Å². The molecule has 0 aliphatic heterocycles. The summed E-state index contributed by atoms with van der Waals surface area (Å²) in [7, 11) is 0. The van der Waals surface area contributed by atoms with E-state index in [4.69, 9.17) is 4.74 Å². The van der Waals surface area contributed by atoms with Crippen molar-refractivity contribution in [2.24, 2.45) is 0 Å². The van der Waals surface area contributed by atoms with E-state index in [9.17, 15) is 9.50 Å². The average molecular weight is 424 g/mol. The van der Waals surface area contributed by atoms with Gasteiger partial charge in [0.2, 0.25) is 0 Å². The normalized spacial score (nSPS) is 11.1. The third kappa shape index (κ3) is 3.93. The fourth-order valence-electron chi connectivity index (χ4n) is 3.91. The number of hydrogen-bond donors (Lipinski definition) is 1. The van der Waals surface area contributed by atoms with Gasteiger partial charge in [0, 0.05) is 34.9 Å². The van der Waals surface area contributed by atoms with Gasteiger partial charge >= 0.3 is 0 Å². The van der Waals surface area contributed by atoms with Crippen LogP contribution in [0.4, 0.5) is 4.39 Å². The first kappa shape index (κ1) is 19.8. The van der Waals surface area contributed by atoms with Gasteiger partial charge in [-0.15, -0.1) is 0 Å². The van der Waals surface area contributed by atoms with Gasteiger partial charge in [-0.3, -0.25) is 4.98 Å². The van der Waals surface area contributed by atoms with E-state index in [2.05, 4.69) is 17.1 Å². The molecule has 0 atom stereocenters.